The Hall–Kier alpha value is -1.16. The minimum Gasteiger partial charge on any atom is -0.393 e. The van der Waals surface area contributed by atoms with Crippen LogP contribution < -0.4 is 0 Å². The van der Waals surface area contributed by atoms with Crippen molar-refractivity contribution in [1.82, 2.24) is 0 Å². The lowest BCUT2D eigenvalue weighted by molar-refractivity contribution is -0.160. The molecular formula is C11H12O4. The normalized spacial score (nSPS) is 51.8. The lowest BCUT2D eigenvalue weighted by Gasteiger charge is -2.26. The number of carbonyl (C=O) groups is 2. The molecule has 3 rings (SSSR count). The number of ether oxygens (including phenoxy) is 2. The molecule has 2 bridgehead atoms. The third-order valence-corrected chi connectivity index (χ3v) is 3.97. The summed E-state index contributed by atoms with van der Waals surface area (Å²) in [6, 6.07) is 0. The molecule has 0 saturated carbocycles. The molecule has 15 heavy (non-hydrogen) atoms. The number of hydrogen-bond donors (Lipinski definition) is 0. The van der Waals surface area contributed by atoms with Gasteiger partial charge >= 0.3 is 11.9 Å². The van der Waals surface area contributed by atoms with Gasteiger partial charge in [0.2, 0.25) is 0 Å². The summed E-state index contributed by atoms with van der Waals surface area (Å²) in [4.78, 5) is 23.2. The van der Waals surface area contributed by atoms with E-state index in [-0.39, 0.29) is 0 Å². The summed E-state index contributed by atoms with van der Waals surface area (Å²) in [5.41, 5.74) is -0.298. The van der Waals surface area contributed by atoms with Crippen molar-refractivity contribution in [3.8, 4) is 0 Å². The van der Waals surface area contributed by atoms with Crippen LogP contribution in [-0.4, -0.2) is 23.1 Å². The van der Waals surface area contributed by atoms with Gasteiger partial charge in [-0.05, 0) is 26.3 Å². The van der Waals surface area contributed by atoms with Crippen LogP contribution in [0, 0.1) is 11.8 Å². The molecule has 0 spiro atoms. The van der Waals surface area contributed by atoms with Gasteiger partial charge < -0.3 is 9.47 Å². The topological polar surface area (TPSA) is 52.6 Å². The number of cyclic esters (lactones) is 2. The van der Waals surface area contributed by atoms with E-state index < -0.39 is 35.0 Å². The third-order valence-electron chi connectivity index (χ3n) is 3.97. The molecule has 2 fully saturated rings. The van der Waals surface area contributed by atoms with Crippen molar-refractivity contribution in [2.75, 3.05) is 0 Å². The van der Waals surface area contributed by atoms with Crippen LogP contribution in [0.4, 0.5) is 0 Å². The van der Waals surface area contributed by atoms with Crippen LogP contribution in [0.3, 0.4) is 0 Å². The molecule has 4 nitrogen and oxygen atoms in total. The Kier molecular flexibility index (Phi) is 1.31. The number of fused-ring (bicyclic) bond motifs is 5. The van der Waals surface area contributed by atoms with Crippen LogP contribution in [0.25, 0.3) is 0 Å². The lowest BCUT2D eigenvalue weighted by atomic mass is 9.70. The van der Waals surface area contributed by atoms with Crippen LogP contribution in [0.5, 0.6) is 0 Å². The Morgan fingerprint density at radius 2 is 1.80 bits per heavy atom. The Labute approximate surface area is 87.2 Å². The van der Waals surface area contributed by atoms with E-state index >= 15 is 0 Å². The second kappa shape index (κ2) is 2.16. The smallest absolute Gasteiger partial charge is 0.320 e. The van der Waals surface area contributed by atoms with Gasteiger partial charge in [-0.15, -0.1) is 0 Å². The monoisotopic (exact) mass is 208 g/mol. The predicted octanol–water partition coefficient (Wildman–Crippen LogP) is 0.810. The summed E-state index contributed by atoms with van der Waals surface area (Å²) < 4.78 is 10.5. The Balaban J connectivity index is 2.21. The number of carbonyl (C=O) groups excluding carboxylic acids is 2. The number of esters is 2. The summed E-state index contributed by atoms with van der Waals surface area (Å²) >= 11 is 0. The summed E-state index contributed by atoms with van der Waals surface area (Å²) in [7, 11) is 0. The molecule has 2 saturated heterocycles. The van der Waals surface area contributed by atoms with Gasteiger partial charge in [0.15, 0.2) is 0 Å². The molecule has 0 radical (unpaired) electrons. The average Bonchev–Trinajstić information content (AvgIpc) is 2.58. The molecule has 4 heteroatoms. The van der Waals surface area contributed by atoms with E-state index in [2.05, 4.69) is 0 Å². The fraction of sp³-hybridized carbons (Fsp3) is 0.636. The fourth-order valence-corrected chi connectivity index (χ4v) is 3.21. The van der Waals surface area contributed by atoms with E-state index in [4.69, 9.17) is 9.47 Å². The van der Waals surface area contributed by atoms with Crippen molar-refractivity contribution >= 4 is 11.9 Å². The van der Waals surface area contributed by atoms with Crippen molar-refractivity contribution in [3.63, 3.8) is 0 Å². The zero-order chi connectivity index (χ0) is 11.0. The minimum atomic E-state index is -0.660. The zero-order valence-electron chi connectivity index (χ0n) is 8.87. The first-order chi connectivity index (χ1) is 6.88. The van der Waals surface area contributed by atoms with Crippen LogP contribution in [-0.2, 0) is 19.1 Å². The van der Waals surface area contributed by atoms with Crippen LogP contribution >= 0.6 is 0 Å². The standard InChI is InChI=1S/C11H12O4/c1-5-4-10(2)6-7(11(5,3)15-10)9(13)14-8(6)12/h4,6-7H,1-3H3/t6-,7+,10?,11?/m0/s1. The quantitative estimate of drug-likeness (QED) is 0.336. The van der Waals surface area contributed by atoms with Gasteiger partial charge in [-0.1, -0.05) is 6.08 Å². The minimum absolute atomic E-state index is 0.441. The van der Waals surface area contributed by atoms with Crippen LogP contribution in [0.15, 0.2) is 11.6 Å². The average molecular weight is 208 g/mol. The van der Waals surface area contributed by atoms with E-state index in [1.165, 1.54) is 0 Å². The molecular weight excluding hydrogens is 196 g/mol. The Morgan fingerprint density at radius 1 is 1.20 bits per heavy atom. The fourth-order valence-electron chi connectivity index (χ4n) is 3.21. The molecule has 0 aromatic rings. The third kappa shape index (κ3) is 0.785. The highest BCUT2D eigenvalue weighted by Crippen LogP contribution is 2.59. The molecule has 0 aromatic heterocycles. The summed E-state index contributed by atoms with van der Waals surface area (Å²) in [5.74, 6) is -1.80. The summed E-state index contributed by atoms with van der Waals surface area (Å²) in [6.45, 7) is 5.62. The van der Waals surface area contributed by atoms with Crippen LogP contribution in [0.2, 0.25) is 0 Å². The van der Waals surface area contributed by atoms with Crippen molar-refractivity contribution < 1.29 is 19.1 Å². The summed E-state index contributed by atoms with van der Waals surface area (Å²) in [6.07, 6.45) is 1.94. The second-order valence-electron chi connectivity index (χ2n) is 4.92. The molecule has 2 unspecified atom stereocenters. The Morgan fingerprint density at radius 3 is 2.47 bits per heavy atom. The highest BCUT2D eigenvalue weighted by Gasteiger charge is 2.71. The van der Waals surface area contributed by atoms with Crippen molar-refractivity contribution in [2.24, 2.45) is 11.8 Å². The molecule has 0 aliphatic carbocycles. The van der Waals surface area contributed by atoms with E-state index in [0.29, 0.717) is 0 Å². The molecule has 0 N–H and O–H groups in total. The second-order valence-corrected chi connectivity index (χ2v) is 4.92. The Bertz CT molecular complexity index is 424. The van der Waals surface area contributed by atoms with Gasteiger partial charge in [0.1, 0.15) is 17.4 Å². The largest absolute Gasteiger partial charge is 0.393 e. The first-order valence-corrected chi connectivity index (χ1v) is 5.04. The highest BCUT2D eigenvalue weighted by molar-refractivity contribution is 5.99. The predicted molar refractivity (Wildman–Crippen MR) is 49.7 cm³/mol. The zero-order valence-corrected chi connectivity index (χ0v) is 8.87. The molecule has 0 amide bonds. The van der Waals surface area contributed by atoms with Gasteiger partial charge in [0.25, 0.3) is 0 Å². The van der Waals surface area contributed by atoms with Gasteiger partial charge in [-0.2, -0.15) is 0 Å². The first kappa shape index (κ1) is 9.09. The molecule has 0 aromatic carbocycles. The maximum absolute atomic E-state index is 11.6. The molecule has 3 aliphatic heterocycles. The highest BCUT2D eigenvalue weighted by atomic mass is 16.6. The van der Waals surface area contributed by atoms with Gasteiger partial charge in [0.05, 0.1) is 5.60 Å². The van der Waals surface area contributed by atoms with Crippen LogP contribution in [0.1, 0.15) is 20.8 Å². The first-order valence-electron chi connectivity index (χ1n) is 5.04. The maximum Gasteiger partial charge on any atom is 0.320 e. The van der Waals surface area contributed by atoms with Crippen molar-refractivity contribution in [1.29, 1.82) is 0 Å². The van der Waals surface area contributed by atoms with E-state index in [9.17, 15) is 9.59 Å². The van der Waals surface area contributed by atoms with E-state index in [1.54, 1.807) is 0 Å². The number of hydrogen-bond acceptors (Lipinski definition) is 4. The van der Waals surface area contributed by atoms with E-state index in [0.717, 1.165) is 5.57 Å². The van der Waals surface area contributed by atoms with Gasteiger partial charge in [-0.25, -0.2) is 0 Å². The van der Waals surface area contributed by atoms with Gasteiger partial charge in [0, 0.05) is 0 Å². The molecule has 3 aliphatic rings. The van der Waals surface area contributed by atoms with Crippen molar-refractivity contribution in [2.45, 2.75) is 32.0 Å². The lowest BCUT2D eigenvalue weighted by Crippen LogP contribution is -2.39. The summed E-state index contributed by atoms with van der Waals surface area (Å²) in [5, 5.41) is 0. The number of rotatable bonds is 0. The SMILES string of the molecule is CC1=CC2(C)OC1(C)[C@H]1C(=O)OC(=O)[C@H]12. The maximum atomic E-state index is 11.6. The van der Waals surface area contributed by atoms with Crippen molar-refractivity contribution in [3.05, 3.63) is 11.6 Å². The molecule has 3 heterocycles. The molecule has 4 atom stereocenters. The van der Waals surface area contributed by atoms with E-state index in [1.807, 2.05) is 26.8 Å². The van der Waals surface area contributed by atoms with Gasteiger partial charge in [-0.3, -0.25) is 9.59 Å². The molecule has 80 valence electrons.